The molecule has 0 aliphatic carbocycles. The molecule has 0 aromatic heterocycles. The van der Waals surface area contributed by atoms with E-state index >= 15 is 0 Å². The zero-order chi connectivity index (χ0) is 57.1. The van der Waals surface area contributed by atoms with Gasteiger partial charge in [-0.1, -0.05) is 275 Å². The molecule has 0 aromatic carbocycles. The second kappa shape index (κ2) is 65.5. The molecule has 444 valence electrons. The van der Waals surface area contributed by atoms with Crippen molar-refractivity contribution in [2.75, 3.05) is 13.2 Å². The van der Waals surface area contributed by atoms with Crippen LogP contribution in [0.5, 0.6) is 0 Å². The monoisotopic (exact) mass is 1090 g/mol. The van der Waals surface area contributed by atoms with Gasteiger partial charge in [0.05, 0.1) is 0 Å². The Kier molecular flexibility index (Phi) is 61.4. The summed E-state index contributed by atoms with van der Waals surface area (Å²) in [5.41, 5.74) is 0. The summed E-state index contributed by atoms with van der Waals surface area (Å²) in [7, 11) is 0. The van der Waals surface area contributed by atoms with Gasteiger partial charge in [-0.05, 0) is 128 Å². The summed E-state index contributed by atoms with van der Waals surface area (Å²) < 4.78 is 16.7. The molecule has 0 aliphatic heterocycles. The van der Waals surface area contributed by atoms with E-state index in [4.69, 9.17) is 14.2 Å². The van der Waals surface area contributed by atoms with E-state index in [1.54, 1.807) is 0 Å². The van der Waals surface area contributed by atoms with Crippen LogP contribution in [0.1, 0.15) is 265 Å². The molecule has 0 heterocycles. The Balaban J connectivity index is 4.11. The lowest BCUT2D eigenvalue weighted by Crippen LogP contribution is -2.30. The van der Waals surface area contributed by atoms with E-state index in [1.165, 1.54) is 57.8 Å². The van der Waals surface area contributed by atoms with Gasteiger partial charge in [0.2, 0.25) is 0 Å². The van der Waals surface area contributed by atoms with Crippen molar-refractivity contribution < 1.29 is 28.6 Å². The third-order valence-corrected chi connectivity index (χ3v) is 13.0. The number of allylic oxidation sites excluding steroid dienone is 26. The predicted molar refractivity (Wildman–Crippen MR) is 343 cm³/mol. The van der Waals surface area contributed by atoms with E-state index in [0.717, 1.165) is 167 Å². The highest BCUT2D eigenvalue weighted by Gasteiger charge is 2.19. The molecule has 6 nitrogen and oxygen atoms in total. The number of rotatable bonds is 56. The third kappa shape index (κ3) is 63.7. The highest BCUT2D eigenvalue weighted by Crippen LogP contribution is 2.15. The van der Waals surface area contributed by atoms with Gasteiger partial charge in [-0.25, -0.2) is 0 Å². The first-order valence-corrected chi connectivity index (χ1v) is 32.0. The van der Waals surface area contributed by atoms with Crippen LogP contribution < -0.4 is 0 Å². The molecule has 0 aromatic rings. The zero-order valence-corrected chi connectivity index (χ0v) is 50.8. The first-order valence-electron chi connectivity index (χ1n) is 32.0. The molecule has 1 atom stereocenters. The van der Waals surface area contributed by atoms with Crippen LogP contribution in [0.4, 0.5) is 0 Å². The minimum atomic E-state index is -0.796. The van der Waals surface area contributed by atoms with Gasteiger partial charge in [0.15, 0.2) is 6.10 Å². The maximum Gasteiger partial charge on any atom is 0.306 e. The fourth-order valence-electron chi connectivity index (χ4n) is 8.31. The molecular weight excluding hydrogens is 973 g/mol. The quantitative estimate of drug-likeness (QED) is 0.0261. The molecule has 0 aliphatic rings. The maximum absolute atomic E-state index is 12.8. The number of hydrogen-bond acceptors (Lipinski definition) is 6. The second-order valence-electron chi connectivity index (χ2n) is 20.6. The molecule has 79 heavy (non-hydrogen) atoms. The zero-order valence-electron chi connectivity index (χ0n) is 50.8. The molecule has 0 saturated carbocycles. The van der Waals surface area contributed by atoms with Crippen LogP contribution in [0.15, 0.2) is 158 Å². The molecule has 0 bridgehead atoms. The van der Waals surface area contributed by atoms with E-state index < -0.39 is 6.10 Å². The van der Waals surface area contributed by atoms with E-state index in [2.05, 4.69) is 179 Å². The van der Waals surface area contributed by atoms with Gasteiger partial charge in [-0.3, -0.25) is 14.4 Å². The minimum Gasteiger partial charge on any atom is -0.462 e. The Labute approximate surface area is 486 Å². The van der Waals surface area contributed by atoms with E-state index in [-0.39, 0.29) is 31.1 Å². The molecule has 1 unspecified atom stereocenters. The molecule has 0 saturated heterocycles. The third-order valence-electron chi connectivity index (χ3n) is 13.0. The van der Waals surface area contributed by atoms with Crippen LogP contribution in [-0.2, 0) is 28.6 Å². The van der Waals surface area contributed by atoms with Crippen LogP contribution >= 0.6 is 0 Å². The number of carbonyl (C=O) groups is 3. The molecule has 6 heteroatoms. The Morgan fingerprint density at radius 2 is 0.494 bits per heavy atom. The summed E-state index contributed by atoms with van der Waals surface area (Å²) in [4.78, 5) is 37.9. The van der Waals surface area contributed by atoms with Gasteiger partial charge in [0.25, 0.3) is 0 Å². The summed E-state index contributed by atoms with van der Waals surface area (Å²) in [6, 6.07) is 0. The maximum atomic E-state index is 12.8. The van der Waals surface area contributed by atoms with Crippen molar-refractivity contribution in [3.05, 3.63) is 158 Å². The van der Waals surface area contributed by atoms with Crippen molar-refractivity contribution in [2.45, 2.75) is 271 Å². The topological polar surface area (TPSA) is 78.9 Å². The Morgan fingerprint density at radius 1 is 0.266 bits per heavy atom. The largest absolute Gasteiger partial charge is 0.462 e. The number of carbonyl (C=O) groups excluding carboxylic acids is 3. The van der Waals surface area contributed by atoms with E-state index in [9.17, 15) is 14.4 Å². The molecule has 0 radical (unpaired) electrons. The SMILES string of the molecule is CC/C=C\C/C=C\C/C=C\C/C=C\C/C=C\C/C=C\C/C=C\CCCCCCCCCCCCCC(=O)OCC(COC(=O)CCCCCCC)OC(=O)CCCCCC/C=C\C/C=C\C/C=C\C/C=C\C/C=C\C/C=C\CC. The van der Waals surface area contributed by atoms with Crippen molar-refractivity contribution in [3.63, 3.8) is 0 Å². The average molecular weight is 1090 g/mol. The van der Waals surface area contributed by atoms with Gasteiger partial charge in [0.1, 0.15) is 13.2 Å². The summed E-state index contributed by atoms with van der Waals surface area (Å²) in [5.74, 6) is -0.941. The van der Waals surface area contributed by atoms with Gasteiger partial charge in [-0.15, -0.1) is 0 Å². The van der Waals surface area contributed by atoms with Gasteiger partial charge >= 0.3 is 17.9 Å². The Bertz CT molecular complexity index is 1780. The first-order chi connectivity index (χ1) is 39.0. The Hall–Kier alpha value is -4.97. The summed E-state index contributed by atoms with van der Waals surface area (Å²) in [6.07, 6.45) is 95.8. The van der Waals surface area contributed by atoms with Crippen LogP contribution in [0.25, 0.3) is 0 Å². The number of hydrogen-bond donors (Lipinski definition) is 0. The normalized spacial score (nSPS) is 13.2. The minimum absolute atomic E-state index is 0.0948. The lowest BCUT2D eigenvalue weighted by Gasteiger charge is -2.18. The van der Waals surface area contributed by atoms with Gasteiger partial charge < -0.3 is 14.2 Å². The van der Waals surface area contributed by atoms with Crippen molar-refractivity contribution in [1.29, 1.82) is 0 Å². The van der Waals surface area contributed by atoms with Gasteiger partial charge in [0, 0.05) is 19.3 Å². The van der Waals surface area contributed by atoms with Crippen LogP contribution in [-0.4, -0.2) is 37.2 Å². The van der Waals surface area contributed by atoms with E-state index in [1.807, 2.05) is 0 Å². The van der Waals surface area contributed by atoms with Crippen LogP contribution in [0, 0.1) is 0 Å². The van der Waals surface area contributed by atoms with E-state index in [0.29, 0.717) is 19.3 Å². The predicted octanol–water partition coefficient (Wildman–Crippen LogP) is 22.1. The second-order valence-corrected chi connectivity index (χ2v) is 20.6. The molecule has 0 fully saturated rings. The van der Waals surface area contributed by atoms with Crippen molar-refractivity contribution in [2.24, 2.45) is 0 Å². The molecule has 0 N–H and O–H groups in total. The highest BCUT2D eigenvalue weighted by atomic mass is 16.6. The lowest BCUT2D eigenvalue weighted by atomic mass is 10.0. The number of unbranched alkanes of at least 4 members (excludes halogenated alkanes) is 19. The van der Waals surface area contributed by atoms with Crippen molar-refractivity contribution >= 4 is 17.9 Å². The summed E-state index contributed by atoms with van der Waals surface area (Å²) in [6.45, 7) is 6.30. The number of ether oxygens (including phenoxy) is 3. The fraction of sp³-hybridized carbons (Fsp3) is 0.603. The molecule has 0 amide bonds. The smallest absolute Gasteiger partial charge is 0.306 e. The van der Waals surface area contributed by atoms with Gasteiger partial charge in [-0.2, -0.15) is 0 Å². The molecule has 0 spiro atoms. The Morgan fingerprint density at radius 3 is 0.772 bits per heavy atom. The number of esters is 3. The average Bonchev–Trinajstić information content (AvgIpc) is 3.45. The van der Waals surface area contributed by atoms with Crippen LogP contribution in [0.3, 0.4) is 0 Å². The molecule has 0 rings (SSSR count). The van der Waals surface area contributed by atoms with Crippen LogP contribution in [0.2, 0.25) is 0 Å². The van der Waals surface area contributed by atoms with Crippen molar-refractivity contribution in [3.8, 4) is 0 Å². The summed E-state index contributed by atoms with van der Waals surface area (Å²) >= 11 is 0. The first kappa shape index (κ1) is 74.0. The fourth-order valence-corrected chi connectivity index (χ4v) is 8.31. The highest BCUT2D eigenvalue weighted by molar-refractivity contribution is 5.71. The van der Waals surface area contributed by atoms with Crippen molar-refractivity contribution in [1.82, 2.24) is 0 Å². The standard InChI is InChI=1S/C73H116O6/c1-4-7-10-13-15-17-19-21-23-25-27-29-31-32-33-34-35-36-37-38-39-40-42-43-45-47-49-51-53-55-57-60-63-66-72(75)78-69-70(68-77-71(74)65-62-59-12-9-6-3)79-73(76)67-64-61-58-56-54-52-50-48-46-44-41-30-28-26-24-22-20-18-16-14-11-8-5-2/h7-8,10-11,15-18,21-24,27-30,32-33,35-36,38-39,44,46,50,52,70H,4-6,9,12-14,19-20,25-26,31,34,37,40-43,45,47-49,51,53-69H2,1-3H3/b10-7-,11-8-,17-15-,18-16-,23-21-,24-22-,29-27-,30-28-,33-32-,36-35-,39-38-,46-44-,52-50-. The lowest BCUT2D eigenvalue weighted by molar-refractivity contribution is -0.167. The summed E-state index contributed by atoms with van der Waals surface area (Å²) in [5, 5.41) is 0. The molecular formula is C73H116O6.